The molecule has 0 unspecified atom stereocenters. The van der Waals surface area contributed by atoms with Crippen molar-refractivity contribution in [3.8, 4) is 0 Å². The number of aliphatic hydroxyl groups is 1. The Morgan fingerprint density at radius 1 is 1.30 bits per heavy atom. The van der Waals surface area contributed by atoms with Gasteiger partial charge in [-0.2, -0.15) is 0 Å². The Balaban J connectivity index is 2.29. The first-order valence-corrected chi connectivity index (χ1v) is 9.13. The second-order valence-electron chi connectivity index (χ2n) is 5.41. The lowest BCUT2D eigenvalue weighted by Gasteiger charge is -2.29. The quantitative estimate of drug-likeness (QED) is 0.502. The SMILES string of the molecule is CSc1nc(N2CCC[C@H]2[C@H](C)O)c2c(Cl)nc(Cl)c(F)c2n1. The summed E-state index contributed by atoms with van der Waals surface area (Å²) in [5, 5.41) is 10.5. The molecule has 1 aliphatic heterocycles. The largest absolute Gasteiger partial charge is 0.391 e. The highest BCUT2D eigenvalue weighted by Gasteiger charge is 2.32. The smallest absolute Gasteiger partial charge is 0.189 e. The zero-order valence-electron chi connectivity index (χ0n) is 12.6. The maximum Gasteiger partial charge on any atom is 0.189 e. The molecule has 1 aliphatic rings. The van der Waals surface area contributed by atoms with Gasteiger partial charge in [-0.25, -0.2) is 19.3 Å². The van der Waals surface area contributed by atoms with Gasteiger partial charge in [0.25, 0.3) is 0 Å². The molecule has 2 aromatic rings. The number of fused-ring (bicyclic) bond motifs is 1. The third kappa shape index (κ3) is 2.95. The van der Waals surface area contributed by atoms with Crippen molar-refractivity contribution in [1.82, 2.24) is 15.0 Å². The predicted molar refractivity (Wildman–Crippen MR) is 91.1 cm³/mol. The summed E-state index contributed by atoms with van der Waals surface area (Å²) in [6.07, 6.45) is 3.02. The number of aliphatic hydroxyl groups excluding tert-OH is 1. The molecule has 9 heteroatoms. The predicted octanol–water partition coefficient (Wildman–Crippen LogP) is 3.54. The molecule has 124 valence electrons. The average Bonchev–Trinajstić information content (AvgIpc) is 3.01. The molecule has 0 aromatic carbocycles. The molecule has 0 spiro atoms. The number of halogens is 3. The summed E-state index contributed by atoms with van der Waals surface area (Å²) in [5.74, 6) is -0.214. The van der Waals surface area contributed by atoms with Gasteiger partial charge >= 0.3 is 0 Å². The van der Waals surface area contributed by atoms with Crippen molar-refractivity contribution in [3.05, 3.63) is 16.1 Å². The fourth-order valence-electron chi connectivity index (χ4n) is 2.92. The van der Waals surface area contributed by atoms with Crippen molar-refractivity contribution >= 4 is 51.7 Å². The lowest BCUT2D eigenvalue weighted by Crippen LogP contribution is -2.38. The van der Waals surface area contributed by atoms with E-state index in [9.17, 15) is 9.50 Å². The number of pyridine rings is 1. The number of rotatable bonds is 3. The maximum absolute atomic E-state index is 14.4. The number of aromatic nitrogens is 3. The van der Waals surface area contributed by atoms with Crippen LogP contribution >= 0.6 is 35.0 Å². The van der Waals surface area contributed by atoms with Crippen LogP contribution in [0.4, 0.5) is 10.2 Å². The Hall–Kier alpha value is -0.890. The fourth-order valence-corrected chi connectivity index (χ4v) is 3.76. The normalized spacial score (nSPS) is 19.6. The Bertz CT molecular complexity index is 761. The number of hydrogen-bond acceptors (Lipinski definition) is 6. The summed E-state index contributed by atoms with van der Waals surface area (Å²) in [4.78, 5) is 14.5. The fraction of sp³-hybridized carbons (Fsp3) is 0.500. The highest BCUT2D eigenvalue weighted by molar-refractivity contribution is 7.98. The third-order valence-electron chi connectivity index (χ3n) is 3.97. The monoisotopic (exact) mass is 376 g/mol. The highest BCUT2D eigenvalue weighted by Crippen LogP contribution is 2.37. The average molecular weight is 377 g/mol. The molecule has 23 heavy (non-hydrogen) atoms. The van der Waals surface area contributed by atoms with Crippen LogP contribution in [0.15, 0.2) is 5.16 Å². The Morgan fingerprint density at radius 2 is 2.04 bits per heavy atom. The summed E-state index contributed by atoms with van der Waals surface area (Å²) in [7, 11) is 0. The van der Waals surface area contributed by atoms with E-state index in [1.54, 1.807) is 6.92 Å². The van der Waals surface area contributed by atoms with Crippen LogP contribution in [0.1, 0.15) is 19.8 Å². The van der Waals surface area contributed by atoms with Crippen molar-refractivity contribution < 1.29 is 9.50 Å². The van der Waals surface area contributed by atoms with Crippen LogP contribution in [0.25, 0.3) is 10.9 Å². The van der Waals surface area contributed by atoms with Crippen LogP contribution in [0, 0.1) is 5.82 Å². The number of hydrogen-bond donors (Lipinski definition) is 1. The first-order chi connectivity index (χ1) is 10.9. The summed E-state index contributed by atoms with van der Waals surface area (Å²) in [6, 6.07) is -0.0994. The summed E-state index contributed by atoms with van der Waals surface area (Å²) in [5.41, 5.74) is 0.0561. The third-order valence-corrected chi connectivity index (χ3v) is 5.04. The van der Waals surface area contributed by atoms with Crippen LogP contribution in [-0.2, 0) is 0 Å². The van der Waals surface area contributed by atoms with Crippen molar-refractivity contribution in [2.45, 2.75) is 37.1 Å². The maximum atomic E-state index is 14.4. The van der Waals surface area contributed by atoms with E-state index < -0.39 is 11.9 Å². The lowest BCUT2D eigenvalue weighted by molar-refractivity contribution is 0.164. The second kappa shape index (κ2) is 6.55. The van der Waals surface area contributed by atoms with Gasteiger partial charge in [0.15, 0.2) is 16.1 Å². The van der Waals surface area contributed by atoms with Crippen molar-refractivity contribution in [2.75, 3.05) is 17.7 Å². The summed E-state index contributed by atoms with van der Waals surface area (Å²) in [6.45, 7) is 2.44. The van der Waals surface area contributed by atoms with Gasteiger partial charge in [0.2, 0.25) is 0 Å². The van der Waals surface area contributed by atoms with Crippen LogP contribution in [0.5, 0.6) is 0 Å². The molecule has 5 nitrogen and oxygen atoms in total. The molecular formula is C14H15Cl2FN4OS. The molecule has 2 atom stereocenters. The van der Waals surface area contributed by atoms with Crippen molar-refractivity contribution in [2.24, 2.45) is 0 Å². The topological polar surface area (TPSA) is 62.1 Å². The van der Waals surface area contributed by atoms with E-state index in [-0.39, 0.29) is 21.9 Å². The number of thioether (sulfide) groups is 1. The van der Waals surface area contributed by atoms with E-state index >= 15 is 0 Å². The highest BCUT2D eigenvalue weighted by atomic mass is 35.5. The van der Waals surface area contributed by atoms with Gasteiger partial charge in [-0.05, 0) is 26.0 Å². The van der Waals surface area contributed by atoms with Gasteiger partial charge in [0.05, 0.1) is 17.5 Å². The molecule has 2 aromatic heterocycles. The van der Waals surface area contributed by atoms with Gasteiger partial charge in [0.1, 0.15) is 16.5 Å². The molecule has 0 saturated carbocycles. The lowest BCUT2D eigenvalue weighted by atomic mass is 10.1. The molecule has 1 saturated heterocycles. The van der Waals surface area contributed by atoms with E-state index in [2.05, 4.69) is 15.0 Å². The van der Waals surface area contributed by atoms with Crippen LogP contribution in [0.3, 0.4) is 0 Å². The Labute approximate surface area is 147 Å². The molecule has 0 bridgehead atoms. The van der Waals surface area contributed by atoms with E-state index in [0.29, 0.717) is 22.9 Å². The van der Waals surface area contributed by atoms with Gasteiger partial charge < -0.3 is 10.0 Å². The van der Waals surface area contributed by atoms with Gasteiger partial charge in [-0.1, -0.05) is 35.0 Å². The standard InChI is InChI=1S/C14H15Cl2FN4OS/c1-6(22)7-4-3-5-21(7)13-8-10(18-14(20-13)23-2)9(17)12(16)19-11(8)15/h6-7,22H,3-5H2,1-2H3/t6-,7-/m0/s1. The number of nitrogens with zero attached hydrogens (tertiary/aromatic N) is 4. The Kier molecular flexibility index (Phi) is 4.83. The second-order valence-corrected chi connectivity index (χ2v) is 6.90. The van der Waals surface area contributed by atoms with Crippen molar-refractivity contribution in [3.63, 3.8) is 0 Å². The molecule has 0 aliphatic carbocycles. The van der Waals surface area contributed by atoms with Crippen LogP contribution in [0.2, 0.25) is 10.3 Å². The van der Waals surface area contributed by atoms with Crippen LogP contribution < -0.4 is 4.90 Å². The molecule has 1 N–H and O–H groups in total. The molecule has 1 fully saturated rings. The van der Waals surface area contributed by atoms with E-state index in [4.69, 9.17) is 23.2 Å². The summed E-state index contributed by atoms with van der Waals surface area (Å²) >= 11 is 13.3. The van der Waals surface area contributed by atoms with E-state index in [0.717, 1.165) is 12.8 Å². The minimum atomic E-state index is -0.710. The van der Waals surface area contributed by atoms with Gasteiger partial charge in [-0.15, -0.1) is 0 Å². The molecule has 3 heterocycles. The first kappa shape index (κ1) is 17.0. The van der Waals surface area contributed by atoms with Crippen molar-refractivity contribution in [1.29, 1.82) is 0 Å². The zero-order valence-corrected chi connectivity index (χ0v) is 14.9. The first-order valence-electron chi connectivity index (χ1n) is 7.15. The minimum absolute atomic E-state index is 0.0561. The minimum Gasteiger partial charge on any atom is -0.391 e. The molecule has 3 rings (SSSR count). The van der Waals surface area contributed by atoms with Gasteiger partial charge in [0, 0.05) is 6.54 Å². The van der Waals surface area contributed by atoms with E-state index in [1.807, 2.05) is 11.2 Å². The van der Waals surface area contributed by atoms with Gasteiger partial charge in [-0.3, -0.25) is 0 Å². The molecule has 0 radical (unpaired) electrons. The zero-order chi connectivity index (χ0) is 16.7. The van der Waals surface area contributed by atoms with E-state index in [1.165, 1.54) is 11.8 Å². The summed E-state index contributed by atoms with van der Waals surface area (Å²) < 4.78 is 14.4. The number of anilines is 1. The Morgan fingerprint density at radius 3 is 2.70 bits per heavy atom. The van der Waals surface area contributed by atoms with Crippen LogP contribution in [-0.4, -0.2) is 45.0 Å². The molecule has 0 amide bonds. The molecular weight excluding hydrogens is 362 g/mol.